The monoisotopic (exact) mass is 280 g/mol. The molecule has 17 heavy (non-hydrogen) atoms. The van der Waals surface area contributed by atoms with Crippen LogP contribution in [0, 0.1) is 5.41 Å². The quantitative estimate of drug-likeness (QED) is 0.514. The summed E-state index contributed by atoms with van der Waals surface area (Å²) in [4.78, 5) is 19.7. The maximum absolute atomic E-state index is 10.2. The topological polar surface area (TPSA) is 69.9 Å². The van der Waals surface area contributed by atoms with Gasteiger partial charge in [-0.25, -0.2) is 0 Å². The molecule has 0 saturated carbocycles. The van der Waals surface area contributed by atoms with Gasteiger partial charge in [-0.15, -0.1) is 0 Å². The summed E-state index contributed by atoms with van der Waals surface area (Å²) in [6.45, 7) is 12.6. The van der Waals surface area contributed by atoms with Crippen LogP contribution < -0.4 is 0 Å². The maximum atomic E-state index is 10.2. The van der Waals surface area contributed by atoms with Crippen LogP contribution in [0.1, 0.15) is 27.2 Å². The number of rotatable bonds is 6. The molecule has 0 amide bonds. The zero-order valence-corrected chi connectivity index (χ0v) is 14.2. The Kier molecular flexibility index (Phi) is 5.19. The zero-order chi connectivity index (χ0) is 14.1. The predicted octanol–water partition coefficient (Wildman–Crippen LogP) is 2.02. The Morgan fingerprint density at radius 2 is 1.41 bits per heavy atom. The molecule has 0 aromatic rings. The zero-order valence-electron chi connectivity index (χ0n) is 12.2. The minimum absolute atomic E-state index is 0.215. The van der Waals surface area contributed by atoms with Gasteiger partial charge in [-0.1, -0.05) is 13.8 Å². The van der Waals surface area contributed by atoms with Gasteiger partial charge in [0.05, 0.1) is 0 Å². The second kappa shape index (κ2) is 5.10. The molecule has 0 fully saturated rings. The van der Waals surface area contributed by atoms with E-state index in [2.05, 4.69) is 0 Å². The van der Waals surface area contributed by atoms with Gasteiger partial charge in [0.2, 0.25) is 0 Å². The first-order chi connectivity index (χ1) is 7.12. The maximum Gasteiger partial charge on any atom is 0.331 e. The molecular weight excluding hydrogens is 252 g/mol. The summed E-state index contributed by atoms with van der Waals surface area (Å²) in [6, 6.07) is 0.687. The van der Waals surface area contributed by atoms with Crippen LogP contribution in [-0.2, 0) is 4.43 Å². The lowest BCUT2D eigenvalue weighted by Gasteiger charge is -2.38. The highest BCUT2D eigenvalue weighted by Crippen LogP contribution is 2.36. The van der Waals surface area contributed by atoms with E-state index in [0.29, 0.717) is 12.5 Å². The first-order valence-corrected chi connectivity index (χ1v) is 12.0. The van der Waals surface area contributed by atoms with Crippen LogP contribution in [0.4, 0.5) is 0 Å². The number of hydrogen-bond acceptors (Lipinski definition) is 4. The SMILES string of the molecule is CC(C)(CC(C)(O)O[Si](C)(C)O)C[Si](C)(C)O. The van der Waals surface area contributed by atoms with Gasteiger partial charge in [0, 0.05) is 6.42 Å². The van der Waals surface area contributed by atoms with Crippen LogP contribution in [0.25, 0.3) is 0 Å². The summed E-state index contributed by atoms with van der Waals surface area (Å²) in [5, 5.41) is 10.2. The van der Waals surface area contributed by atoms with Crippen molar-refractivity contribution in [2.75, 3.05) is 0 Å². The molecule has 104 valence electrons. The fourth-order valence-electron chi connectivity index (χ4n) is 2.70. The fourth-order valence-corrected chi connectivity index (χ4v) is 6.31. The van der Waals surface area contributed by atoms with Gasteiger partial charge in [0.25, 0.3) is 0 Å². The third-order valence-corrected chi connectivity index (χ3v) is 4.95. The van der Waals surface area contributed by atoms with Gasteiger partial charge < -0.3 is 19.1 Å². The van der Waals surface area contributed by atoms with E-state index in [4.69, 9.17) is 4.43 Å². The van der Waals surface area contributed by atoms with E-state index >= 15 is 0 Å². The summed E-state index contributed by atoms with van der Waals surface area (Å²) in [6.07, 6.45) is 0.397. The lowest BCUT2D eigenvalue weighted by atomic mass is 9.88. The van der Waals surface area contributed by atoms with Crippen LogP contribution in [0.2, 0.25) is 32.2 Å². The molecule has 1 unspecified atom stereocenters. The van der Waals surface area contributed by atoms with Gasteiger partial charge in [0.15, 0.2) is 14.1 Å². The molecule has 1 atom stereocenters. The van der Waals surface area contributed by atoms with Crippen molar-refractivity contribution in [2.24, 2.45) is 5.41 Å². The normalized spacial score (nSPS) is 18.0. The third-order valence-electron chi connectivity index (χ3n) is 2.19. The van der Waals surface area contributed by atoms with Gasteiger partial charge >= 0.3 is 8.56 Å². The Morgan fingerprint density at radius 3 is 1.71 bits per heavy atom. The van der Waals surface area contributed by atoms with Crippen molar-refractivity contribution in [3.63, 3.8) is 0 Å². The average molecular weight is 281 g/mol. The third kappa shape index (κ3) is 9.93. The van der Waals surface area contributed by atoms with Crippen molar-refractivity contribution >= 4 is 16.9 Å². The van der Waals surface area contributed by atoms with E-state index in [0.717, 1.165) is 0 Å². The molecule has 6 heteroatoms. The van der Waals surface area contributed by atoms with Crippen LogP contribution in [0.15, 0.2) is 0 Å². The van der Waals surface area contributed by atoms with E-state index in [-0.39, 0.29) is 5.41 Å². The predicted molar refractivity (Wildman–Crippen MR) is 74.3 cm³/mol. The Bertz CT molecular complexity index is 225. The highest BCUT2D eigenvalue weighted by atomic mass is 28.4. The number of aliphatic hydroxyl groups is 1. The Morgan fingerprint density at radius 1 is 1.00 bits per heavy atom. The van der Waals surface area contributed by atoms with Crippen LogP contribution in [-0.4, -0.2) is 37.4 Å². The summed E-state index contributed by atoms with van der Waals surface area (Å²) in [5.74, 6) is -1.34. The lowest BCUT2D eigenvalue weighted by molar-refractivity contribution is -0.158. The van der Waals surface area contributed by atoms with Gasteiger partial charge in [-0.05, 0) is 44.6 Å². The van der Waals surface area contributed by atoms with E-state index in [9.17, 15) is 14.7 Å². The molecule has 0 saturated heterocycles. The van der Waals surface area contributed by atoms with Crippen LogP contribution >= 0.6 is 0 Å². The highest BCUT2D eigenvalue weighted by Gasteiger charge is 2.39. The standard InChI is InChI=1S/C11H28O4Si2/c1-10(2,9-16(4,5)13)8-11(3,12)15-17(6,7)14/h12-14H,8-9H2,1-7H3. The summed E-state index contributed by atoms with van der Waals surface area (Å²) < 4.78 is 5.36. The van der Waals surface area contributed by atoms with Crippen molar-refractivity contribution in [1.82, 2.24) is 0 Å². The molecular formula is C11H28O4Si2. The van der Waals surface area contributed by atoms with Gasteiger partial charge in [-0.2, -0.15) is 0 Å². The molecule has 0 heterocycles. The first-order valence-electron chi connectivity index (χ1n) is 5.99. The summed E-state index contributed by atoms with van der Waals surface area (Å²) in [7, 11) is -4.92. The fraction of sp³-hybridized carbons (Fsp3) is 1.00. The van der Waals surface area contributed by atoms with E-state index in [1.807, 2.05) is 26.9 Å². The smallest absolute Gasteiger partial charge is 0.331 e. The van der Waals surface area contributed by atoms with E-state index in [1.165, 1.54) is 0 Å². The Balaban J connectivity index is 4.59. The van der Waals surface area contributed by atoms with Crippen molar-refractivity contribution in [2.45, 2.75) is 65.2 Å². The Labute approximate surface area is 107 Å². The Hall–Kier alpha value is 0.274. The minimum Gasteiger partial charge on any atom is -0.432 e. The molecule has 0 aromatic heterocycles. The lowest BCUT2D eigenvalue weighted by Crippen LogP contribution is -2.46. The van der Waals surface area contributed by atoms with Crippen molar-refractivity contribution in [3.8, 4) is 0 Å². The molecule has 0 aliphatic carbocycles. The highest BCUT2D eigenvalue weighted by molar-refractivity contribution is 6.69. The van der Waals surface area contributed by atoms with Crippen LogP contribution in [0.5, 0.6) is 0 Å². The van der Waals surface area contributed by atoms with Gasteiger partial charge in [0.1, 0.15) is 0 Å². The molecule has 0 aliphatic heterocycles. The molecule has 3 N–H and O–H groups in total. The molecule has 0 bridgehead atoms. The van der Waals surface area contributed by atoms with Crippen molar-refractivity contribution < 1.29 is 19.1 Å². The van der Waals surface area contributed by atoms with Crippen LogP contribution in [0.3, 0.4) is 0 Å². The second-order valence-corrected chi connectivity index (χ2v) is 14.1. The van der Waals surface area contributed by atoms with E-state index in [1.54, 1.807) is 20.0 Å². The largest absolute Gasteiger partial charge is 0.432 e. The average Bonchev–Trinajstić information content (AvgIpc) is 1.65. The summed E-state index contributed by atoms with van der Waals surface area (Å²) in [5.41, 5.74) is -0.215. The van der Waals surface area contributed by atoms with E-state index < -0.39 is 22.7 Å². The van der Waals surface area contributed by atoms with Crippen molar-refractivity contribution in [1.29, 1.82) is 0 Å². The minimum atomic E-state index is -2.75. The molecule has 0 spiro atoms. The molecule has 0 aliphatic rings. The van der Waals surface area contributed by atoms with Crippen molar-refractivity contribution in [3.05, 3.63) is 0 Å². The van der Waals surface area contributed by atoms with Gasteiger partial charge in [-0.3, -0.25) is 0 Å². The first kappa shape index (κ1) is 17.3. The second-order valence-electron chi connectivity index (χ2n) is 7.05. The molecule has 0 radical (unpaired) electrons. The molecule has 0 aromatic carbocycles. The molecule has 0 rings (SSSR count). The summed E-state index contributed by atoms with van der Waals surface area (Å²) >= 11 is 0. The molecule has 4 nitrogen and oxygen atoms in total. The number of hydrogen-bond donors (Lipinski definition) is 3.